The molecule has 1 N–H and O–H groups in total. The van der Waals surface area contributed by atoms with E-state index in [2.05, 4.69) is 10.3 Å². The van der Waals surface area contributed by atoms with Gasteiger partial charge >= 0.3 is 0 Å². The van der Waals surface area contributed by atoms with Gasteiger partial charge in [0, 0.05) is 5.02 Å². The number of aromatic nitrogens is 1. The maximum absolute atomic E-state index is 12.0. The van der Waals surface area contributed by atoms with Crippen LogP contribution in [0.15, 0.2) is 42.5 Å². The molecule has 5 nitrogen and oxygen atoms in total. The summed E-state index contributed by atoms with van der Waals surface area (Å²) in [6.07, 6.45) is 0. The van der Waals surface area contributed by atoms with E-state index in [1.165, 1.54) is 11.3 Å². The van der Waals surface area contributed by atoms with E-state index < -0.39 is 0 Å². The van der Waals surface area contributed by atoms with Gasteiger partial charge in [0.05, 0.1) is 11.3 Å². The summed E-state index contributed by atoms with van der Waals surface area (Å²) >= 11 is 7.20. The fraction of sp³-hybridized carbons (Fsp3) is 0.176. The number of benzene rings is 2. The molecule has 1 heterocycles. The van der Waals surface area contributed by atoms with E-state index in [-0.39, 0.29) is 12.5 Å². The van der Waals surface area contributed by atoms with E-state index in [4.69, 9.17) is 21.1 Å². The van der Waals surface area contributed by atoms with Crippen LogP contribution in [0.5, 0.6) is 11.5 Å². The lowest BCUT2D eigenvalue weighted by molar-refractivity contribution is -0.118. The van der Waals surface area contributed by atoms with Gasteiger partial charge in [-0.05, 0) is 43.3 Å². The van der Waals surface area contributed by atoms with Crippen LogP contribution in [0.1, 0.15) is 6.92 Å². The molecule has 0 atom stereocenters. The van der Waals surface area contributed by atoms with Crippen LogP contribution in [0.3, 0.4) is 0 Å². The van der Waals surface area contributed by atoms with Gasteiger partial charge in [-0.1, -0.05) is 29.0 Å². The van der Waals surface area contributed by atoms with Crippen molar-refractivity contribution in [2.45, 2.75) is 6.92 Å². The summed E-state index contributed by atoms with van der Waals surface area (Å²) < 4.78 is 11.9. The predicted octanol–water partition coefficient (Wildman–Crippen LogP) is 4.37. The average Bonchev–Trinajstić information content (AvgIpc) is 2.98. The van der Waals surface area contributed by atoms with Gasteiger partial charge in [0.25, 0.3) is 5.91 Å². The van der Waals surface area contributed by atoms with Crippen molar-refractivity contribution in [1.29, 1.82) is 0 Å². The number of carbonyl (C=O) groups excluding carboxylic acids is 1. The Hall–Kier alpha value is -2.31. The number of carbonyl (C=O) groups is 1. The molecular weight excluding hydrogens is 348 g/mol. The minimum absolute atomic E-state index is 0.101. The Kier molecular flexibility index (Phi) is 5.17. The third-order valence-electron chi connectivity index (χ3n) is 3.11. The van der Waals surface area contributed by atoms with Crippen molar-refractivity contribution in [3.8, 4) is 11.5 Å². The molecule has 7 heteroatoms. The molecule has 0 aliphatic heterocycles. The molecule has 3 rings (SSSR count). The van der Waals surface area contributed by atoms with Crippen LogP contribution in [-0.2, 0) is 4.79 Å². The van der Waals surface area contributed by atoms with E-state index in [9.17, 15) is 4.79 Å². The Labute approximate surface area is 148 Å². The van der Waals surface area contributed by atoms with E-state index in [1.807, 2.05) is 25.1 Å². The molecule has 0 spiro atoms. The van der Waals surface area contributed by atoms with Gasteiger partial charge in [0.1, 0.15) is 17.0 Å². The molecule has 0 radical (unpaired) electrons. The van der Waals surface area contributed by atoms with Crippen molar-refractivity contribution in [1.82, 2.24) is 4.98 Å². The number of halogens is 1. The number of ether oxygens (including phenoxy) is 2. The fourth-order valence-corrected chi connectivity index (χ4v) is 3.11. The van der Waals surface area contributed by atoms with Gasteiger partial charge in [0.2, 0.25) is 0 Å². The molecule has 0 saturated heterocycles. The van der Waals surface area contributed by atoms with Crippen molar-refractivity contribution in [3.05, 3.63) is 47.5 Å². The molecule has 0 bridgehead atoms. The summed E-state index contributed by atoms with van der Waals surface area (Å²) in [5, 5.41) is 3.88. The summed E-state index contributed by atoms with van der Waals surface area (Å²) in [7, 11) is 0. The number of para-hydroxylation sites is 1. The van der Waals surface area contributed by atoms with E-state index in [0.29, 0.717) is 28.3 Å². The van der Waals surface area contributed by atoms with Crippen LogP contribution >= 0.6 is 22.9 Å². The maximum atomic E-state index is 12.0. The molecule has 0 aliphatic rings. The topological polar surface area (TPSA) is 60.5 Å². The highest BCUT2D eigenvalue weighted by molar-refractivity contribution is 7.22. The Morgan fingerprint density at radius 3 is 2.75 bits per heavy atom. The van der Waals surface area contributed by atoms with Gasteiger partial charge < -0.3 is 9.47 Å². The second kappa shape index (κ2) is 7.51. The highest BCUT2D eigenvalue weighted by Gasteiger charge is 2.11. The maximum Gasteiger partial charge on any atom is 0.264 e. The zero-order valence-electron chi connectivity index (χ0n) is 12.9. The minimum atomic E-state index is -0.276. The molecule has 0 saturated carbocycles. The van der Waals surface area contributed by atoms with Crippen LogP contribution in [0.4, 0.5) is 5.13 Å². The summed E-state index contributed by atoms with van der Waals surface area (Å²) in [6.45, 7) is 2.38. The number of amides is 1. The van der Waals surface area contributed by atoms with Gasteiger partial charge in [-0.3, -0.25) is 10.1 Å². The molecular formula is C17H15ClN2O3S. The van der Waals surface area contributed by atoms with Crippen LogP contribution in [0, 0.1) is 0 Å². The lowest BCUT2D eigenvalue weighted by atomic mass is 10.3. The fourth-order valence-electron chi connectivity index (χ4n) is 2.08. The first-order chi connectivity index (χ1) is 11.7. The molecule has 1 amide bonds. The van der Waals surface area contributed by atoms with Crippen LogP contribution < -0.4 is 14.8 Å². The van der Waals surface area contributed by atoms with E-state index in [1.54, 1.807) is 24.3 Å². The highest BCUT2D eigenvalue weighted by Crippen LogP contribution is 2.32. The monoisotopic (exact) mass is 362 g/mol. The van der Waals surface area contributed by atoms with Crippen molar-refractivity contribution in [2.24, 2.45) is 0 Å². The molecule has 3 aromatic rings. The smallest absolute Gasteiger partial charge is 0.264 e. The van der Waals surface area contributed by atoms with Crippen LogP contribution in [0.2, 0.25) is 5.02 Å². The van der Waals surface area contributed by atoms with Gasteiger partial charge in [-0.15, -0.1) is 0 Å². The lowest BCUT2D eigenvalue weighted by Gasteiger charge is -2.05. The number of rotatable bonds is 6. The number of hydrogen-bond donors (Lipinski definition) is 1. The summed E-state index contributed by atoms with van der Waals surface area (Å²) in [6, 6.07) is 12.5. The largest absolute Gasteiger partial charge is 0.492 e. The first kappa shape index (κ1) is 16.5. The van der Waals surface area contributed by atoms with Crippen molar-refractivity contribution < 1.29 is 14.3 Å². The van der Waals surface area contributed by atoms with Crippen molar-refractivity contribution in [3.63, 3.8) is 0 Å². The number of anilines is 1. The van der Waals surface area contributed by atoms with Crippen LogP contribution in [-0.4, -0.2) is 24.1 Å². The molecule has 124 valence electrons. The average molecular weight is 363 g/mol. The zero-order chi connectivity index (χ0) is 16.9. The summed E-state index contributed by atoms with van der Waals surface area (Å²) in [5.74, 6) is 1.02. The molecule has 2 aromatic carbocycles. The quantitative estimate of drug-likeness (QED) is 0.707. The SMILES string of the molecule is CCOc1cccc2sc(NC(=O)COc3ccc(Cl)cc3)nc12. The number of nitrogens with zero attached hydrogens (tertiary/aromatic N) is 1. The zero-order valence-corrected chi connectivity index (χ0v) is 14.5. The number of thiazole rings is 1. The van der Waals surface area contributed by atoms with Gasteiger partial charge in [-0.25, -0.2) is 4.98 Å². The van der Waals surface area contributed by atoms with E-state index in [0.717, 1.165) is 10.2 Å². The molecule has 0 fully saturated rings. The normalized spacial score (nSPS) is 10.6. The Morgan fingerprint density at radius 2 is 2.00 bits per heavy atom. The number of nitrogens with one attached hydrogen (secondary N) is 1. The third kappa shape index (κ3) is 3.96. The third-order valence-corrected chi connectivity index (χ3v) is 4.30. The Morgan fingerprint density at radius 1 is 1.21 bits per heavy atom. The van der Waals surface area contributed by atoms with Crippen LogP contribution in [0.25, 0.3) is 10.2 Å². The van der Waals surface area contributed by atoms with Gasteiger partial charge in [0.15, 0.2) is 11.7 Å². The summed E-state index contributed by atoms with van der Waals surface area (Å²) in [5.41, 5.74) is 0.748. The number of hydrogen-bond acceptors (Lipinski definition) is 5. The predicted molar refractivity (Wildman–Crippen MR) is 96.4 cm³/mol. The first-order valence-corrected chi connectivity index (χ1v) is 8.55. The molecule has 1 aromatic heterocycles. The highest BCUT2D eigenvalue weighted by atomic mass is 35.5. The van der Waals surface area contributed by atoms with Crippen molar-refractivity contribution in [2.75, 3.05) is 18.5 Å². The molecule has 0 unspecified atom stereocenters. The van der Waals surface area contributed by atoms with Crippen molar-refractivity contribution >= 4 is 44.2 Å². The molecule has 0 aliphatic carbocycles. The van der Waals surface area contributed by atoms with E-state index >= 15 is 0 Å². The first-order valence-electron chi connectivity index (χ1n) is 7.36. The second-order valence-corrected chi connectivity index (χ2v) is 6.31. The van der Waals surface area contributed by atoms with Gasteiger partial charge in [-0.2, -0.15) is 0 Å². The number of fused-ring (bicyclic) bond motifs is 1. The Balaban J connectivity index is 1.64. The molecule has 24 heavy (non-hydrogen) atoms. The Bertz CT molecular complexity index is 849. The summed E-state index contributed by atoms with van der Waals surface area (Å²) in [4.78, 5) is 16.4. The second-order valence-electron chi connectivity index (χ2n) is 4.85. The lowest BCUT2D eigenvalue weighted by Crippen LogP contribution is -2.19. The minimum Gasteiger partial charge on any atom is -0.492 e. The standard InChI is InChI=1S/C17H15ClN2O3S/c1-2-22-13-4-3-5-14-16(13)20-17(24-14)19-15(21)10-23-12-8-6-11(18)7-9-12/h3-9H,2,10H2,1H3,(H,19,20,21).